The molecule has 0 bridgehead atoms. The molecule has 0 aliphatic heterocycles. The molecule has 5 heteroatoms. The predicted molar refractivity (Wildman–Crippen MR) is 125 cm³/mol. The van der Waals surface area contributed by atoms with Gasteiger partial charge >= 0.3 is 5.97 Å². The molecule has 0 aliphatic rings. The summed E-state index contributed by atoms with van der Waals surface area (Å²) in [4.78, 5) is 11.2. The monoisotopic (exact) mass is 434 g/mol. The SMILES string of the molecule is CC[C@@H](Cc1ccc(OC[C@H](C)COc2ccc(Oc3ccccc3)cc2)cc1)C(=O)O. The normalized spacial score (nSPS) is 12.6. The van der Waals surface area contributed by atoms with Crippen molar-refractivity contribution in [1.82, 2.24) is 0 Å². The molecule has 1 N–H and O–H groups in total. The van der Waals surface area contributed by atoms with Crippen LogP contribution in [-0.4, -0.2) is 24.3 Å². The molecule has 3 aromatic rings. The molecule has 5 nitrogen and oxygen atoms in total. The van der Waals surface area contributed by atoms with Crippen molar-refractivity contribution in [3.05, 3.63) is 84.4 Å². The fraction of sp³-hybridized carbons (Fsp3) is 0.296. The van der Waals surface area contributed by atoms with E-state index in [1.54, 1.807) is 0 Å². The number of carbonyl (C=O) groups is 1. The van der Waals surface area contributed by atoms with Crippen LogP contribution in [0.25, 0.3) is 0 Å². The number of para-hydroxylation sites is 1. The van der Waals surface area contributed by atoms with Crippen molar-refractivity contribution >= 4 is 5.97 Å². The number of rotatable bonds is 12. The van der Waals surface area contributed by atoms with Gasteiger partial charge < -0.3 is 19.3 Å². The van der Waals surface area contributed by atoms with Crippen LogP contribution in [0, 0.1) is 11.8 Å². The lowest BCUT2D eigenvalue weighted by molar-refractivity contribution is -0.141. The maximum absolute atomic E-state index is 11.2. The van der Waals surface area contributed by atoms with Gasteiger partial charge in [-0.1, -0.05) is 44.2 Å². The topological polar surface area (TPSA) is 65.0 Å². The molecule has 32 heavy (non-hydrogen) atoms. The van der Waals surface area contributed by atoms with E-state index >= 15 is 0 Å². The van der Waals surface area contributed by atoms with Gasteiger partial charge in [-0.25, -0.2) is 0 Å². The lowest BCUT2D eigenvalue weighted by atomic mass is 9.97. The second kappa shape index (κ2) is 11.8. The average Bonchev–Trinajstić information content (AvgIpc) is 2.82. The van der Waals surface area contributed by atoms with E-state index in [4.69, 9.17) is 14.2 Å². The van der Waals surface area contributed by atoms with Crippen LogP contribution in [0.1, 0.15) is 25.8 Å². The van der Waals surface area contributed by atoms with Crippen molar-refractivity contribution in [2.75, 3.05) is 13.2 Å². The zero-order valence-electron chi connectivity index (χ0n) is 18.6. The van der Waals surface area contributed by atoms with Crippen molar-refractivity contribution in [1.29, 1.82) is 0 Å². The first-order chi connectivity index (χ1) is 15.5. The minimum absolute atomic E-state index is 0.200. The van der Waals surface area contributed by atoms with E-state index in [2.05, 4.69) is 6.92 Å². The second-order valence-corrected chi connectivity index (χ2v) is 7.91. The van der Waals surface area contributed by atoms with Crippen LogP contribution in [0.15, 0.2) is 78.9 Å². The van der Waals surface area contributed by atoms with E-state index < -0.39 is 5.97 Å². The molecule has 2 atom stereocenters. The van der Waals surface area contributed by atoms with Gasteiger partial charge in [0.25, 0.3) is 0 Å². The molecule has 168 valence electrons. The summed E-state index contributed by atoms with van der Waals surface area (Å²) in [6.07, 6.45) is 1.15. The molecular formula is C27H30O5. The Hall–Kier alpha value is -3.47. The first-order valence-electron chi connectivity index (χ1n) is 10.9. The molecule has 0 aliphatic carbocycles. The Labute approximate surface area is 189 Å². The predicted octanol–water partition coefficient (Wildman–Crippen LogP) is 6.23. The van der Waals surface area contributed by atoms with Crippen LogP contribution in [0.4, 0.5) is 0 Å². The summed E-state index contributed by atoms with van der Waals surface area (Å²) < 4.78 is 17.5. The van der Waals surface area contributed by atoms with Crippen LogP contribution in [-0.2, 0) is 11.2 Å². The zero-order valence-corrected chi connectivity index (χ0v) is 18.6. The first-order valence-corrected chi connectivity index (χ1v) is 10.9. The summed E-state index contributed by atoms with van der Waals surface area (Å²) in [5.74, 6) is 2.21. The van der Waals surface area contributed by atoms with Crippen LogP contribution >= 0.6 is 0 Å². The molecular weight excluding hydrogens is 404 g/mol. The maximum Gasteiger partial charge on any atom is 0.306 e. The van der Waals surface area contributed by atoms with E-state index in [9.17, 15) is 9.90 Å². The number of ether oxygens (including phenoxy) is 3. The standard InChI is InChI=1S/C27H30O5/c1-3-22(27(28)29)17-21-9-11-23(12-10-21)30-18-20(2)19-31-24-13-15-26(16-14-24)32-25-7-5-4-6-8-25/h4-16,20,22H,3,17-19H2,1-2H3,(H,28,29)/t20-,22-/m0/s1. The largest absolute Gasteiger partial charge is 0.493 e. The van der Waals surface area contributed by atoms with Crippen LogP contribution in [0.2, 0.25) is 0 Å². The van der Waals surface area contributed by atoms with Crippen LogP contribution in [0.3, 0.4) is 0 Å². The molecule has 0 amide bonds. The molecule has 0 saturated carbocycles. The number of benzene rings is 3. The quantitative estimate of drug-likeness (QED) is 0.366. The summed E-state index contributed by atoms with van der Waals surface area (Å²) in [6, 6.07) is 24.9. The summed E-state index contributed by atoms with van der Waals surface area (Å²) in [5, 5.41) is 9.20. The summed E-state index contributed by atoms with van der Waals surface area (Å²) in [5.41, 5.74) is 1.00. The molecule has 0 unspecified atom stereocenters. The molecule has 0 saturated heterocycles. The average molecular weight is 435 g/mol. The van der Waals surface area contributed by atoms with Crippen molar-refractivity contribution in [2.24, 2.45) is 11.8 Å². The van der Waals surface area contributed by atoms with Gasteiger partial charge in [-0.3, -0.25) is 4.79 Å². The van der Waals surface area contributed by atoms with E-state index in [0.29, 0.717) is 26.1 Å². The third kappa shape index (κ3) is 7.34. The van der Waals surface area contributed by atoms with E-state index in [1.807, 2.05) is 85.8 Å². The Kier molecular flexibility index (Phi) is 8.55. The number of hydrogen-bond acceptors (Lipinski definition) is 4. The smallest absolute Gasteiger partial charge is 0.306 e. The van der Waals surface area contributed by atoms with Gasteiger partial charge in [0.2, 0.25) is 0 Å². The van der Waals surface area contributed by atoms with Crippen molar-refractivity contribution < 1.29 is 24.1 Å². The number of carboxylic acids is 1. The van der Waals surface area contributed by atoms with Gasteiger partial charge in [0.15, 0.2) is 0 Å². The van der Waals surface area contributed by atoms with E-state index in [-0.39, 0.29) is 11.8 Å². The zero-order chi connectivity index (χ0) is 22.8. The lowest BCUT2D eigenvalue weighted by Crippen LogP contribution is -2.17. The molecule has 3 rings (SSSR count). The third-order valence-electron chi connectivity index (χ3n) is 5.12. The van der Waals surface area contributed by atoms with Crippen LogP contribution in [0.5, 0.6) is 23.0 Å². The number of carboxylic acid groups (broad SMARTS) is 1. The Balaban J connectivity index is 1.40. The van der Waals surface area contributed by atoms with Gasteiger partial charge in [0, 0.05) is 5.92 Å². The highest BCUT2D eigenvalue weighted by molar-refractivity contribution is 5.70. The molecule has 3 aromatic carbocycles. The van der Waals surface area contributed by atoms with Gasteiger partial charge in [-0.2, -0.15) is 0 Å². The highest BCUT2D eigenvalue weighted by Gasteiger charge is 2.15. The summed E-state index contributed by atoms with van der Waals surface area (Å²) >= 11 is 0. The second-order valence-electron chi connectivity index (χ2n) is 7.91. The van der Waals surface area contributed by atoms with E-state index in [1.165, 1.54) is 0 Å². The minimum Gasteiger partial charge on any atom is -0.493 e. The highest BCUT2D eigenvalue weighted by atomic mass is 16.5. The molecule has 0 spiro atoms. The summed E-state index contributed by atoms with van der Waals surface area (Å²) in [7, 11) is 0. The molecule has 0 aromatic heterocycles. The van der Waals surface area contributed by atoms with E-state index in [0.717, 1.165) is 28.6 Å². The fourth-order valence-corrected chi connectivity index (χ4v) is 3.17. The Bertz CT molecular complexity index is 952. The maximum atomic E-state index is 11.2. The Morgan fingerprint density at radius 1 is 0.781 bits per heavy atom. The van der Waals surface area contributed by atoms with Crippen molar-refractivity contribution in [3.8, 4) is 23.0 Å². The summed E-state index contributed by atoms with van der Waals surface area (Å²) in [6.45, 7) is 5.03. The Morgan fingerprint density at radius 3 is 1.81 bits per heavy atom. The molecule has 0 heterocycles. The fourth-order valence-electron chi connectivity index (χ4n) is 3.17. The minimum atomic E-state index is -0.750. The van der Waals surface area contributed by atoms with Gasteiger partial charge in [-0.15, -0.1) is 0 Å². The van der Waals surface area contributed by atoms with Crippen molar-refractivity contribution in [2.45, 2.75) is 26.7 Å². The number of hydrogen-bond donors (Lipinski definition) is 1. The molecule has 0 radical (unpaired) electrons. The Morgan fingerprint density at radius 2 is 1.28 bits per heavy atom. The van der Waals surface area contributed by atoms with Gasteiger partial charge in [-0.05, 0) is 66.9 Å². The number of aliphatic carboxylic acids is 1. The lowest BCUT2D eigenvalue weighted by Gasteiger charge is -2.15. The van der Waals surface area contributed by atoms with Crippen molar-refractivity contribution in [3.63, 3.8) is 0 Å². The van der Waals surface area contributed by atoms with Crippen LogP contribution < -0.4 is 14.2 Å². The first kappa shape index (κ1) is 23.2. The highest BCUT2D eigenvalue weighted by Crippen LogP contribution is 2.24. The third-order valence-corrected chi connectivity index (χ3v) is 5.12. The van der Waals surface area contributed by atoms with Gasteiger partial charge in [0.05, 0.1) is 19.1 Å². The molecule has 0 fully saturated rings. The van der Waals surface area contributed by atoms with Gasteiger partial charge in [0.1, 0.15) is 23.0 Å².